The van der Waals surface area contributed by atoms with Crippen LogP contribution in [0.2, 0.25) is 0 Å². The summed E-state index contributed by atoms with van der Waals surface area (Å²) < 4.78 is 6.18. The maximum absolute atomic E-state index is 12.7. The fourth-order valence-electron chi connectivity index (χ4n) is 3.60. The second-order valence-corrected chi connectivity index (χ2v) is 8.46. The SMILES string of the molecule is COc1ccc(CCC(=O)NC(CN2CCN(C)CC2)c2ccccc2)cc1Br. The van der Waals surface area contributed by atoms with Crippen LogP contribution in [0.15, 0.2) is 53.0 Å². The van der Waals surface area contributed by atoms with E-state index in [-0.39, 0.29) is 11.9 Å². The van der Waals surface area contributed by atoms with Gasteiger partial charge in [-0.25, -0.2) is 0 Å². The summed E-state index contributed by atoms with van der Waals surface area (Å²) in [7, 11) is 3.81. The second-order valence-electron chi connectivity index (χ2n) is 7.60. The van der Waals surface area contributed by atoms with Crippen molar-refractivity contribution >= 4 is 21.8 Å². The van der Waals surface area contributed by atoms with Crippen LogP contribution in [-0.4, -0.2) is 62.6 Å². The molecule has 0 spiro atoms. The number of nitrogens with zero attached hydrogens (tertiary/aromatic N) is 2. The van der Waals surface area contributed by atoms with E-state index in [1.807, 2.05) is 36.4 Å². The number of hydrogen-bond donors (Lipinski definition) is 1. The third-order valence-corrected chi connectivity index (χ3v) is 6.05. The van der Waals surface area contributed by atoms with Gasteiger partial charge < -0.3 is 15.0 Å². The summed E-state index contributed by atoms with van der Waals surface area (Å²) in [6.45, 7) is 5.06. The van der Waals surface area contributed by atoms with Crippen molar-refractivity contribution < 1.29 is 9.53 Å². The van der Waals surface area contributed by atoms with Gasteiger partial charge in [0.05, 0.1) is 17.6 Å². The molecule has 0 radical (unpaired) electrons. The van der Waals surface area contributed by atoms with E-state index in [1.54, 1.807) is 7.11 Å². The van der Waals surface area contributed by atoms with Crippen molar-refractivity contribution in [1.82, 2.24) is 15.1 Å². The fraction of sp³-hybridized carbons (Fsp3) is 0.435. The highest BCUT2D eigenvalue weighted by Gasteiger charge is 2.21. The molecule has 1 heterocycles. The van der Waals surface area contributed by atoms with Crippen LogP contribution in [0.4, 0.5) is 0 Å². The number of aryl methyl sites for hydroxylation is 1. The lowest BCUT2D eigenvalue weighted by atomic mass is 10.0. The monoisotopic (exact) mass is 459 g/mol. The molecule has 1 aliphatic rings. The van der Waals surface area contributed by atoms with Crippen LogP contribution in [-0.2, 0) is 11.2 Å². The number of likely N-dealkylation sites (N-methyl/N-ethyl adjacent to an activating group) is 1. The van der Waals surface area contributed by atoms with Crippen molar-refractivity contribution in [3.05, 3.63) is 64.1 Å². The van der Waals surface area contributed by atoms with Gasteiger partial charge in [-0.1, -0.05) is 36.4 Å². The highest BCUT2D eigenvalue weighted by atomic mass is 79.9. The third kappa shape index (κ3) is 6.56. The van der Waals surface area contributed by atoms with Gasteiger partial charge in [-0.05, 0) is 52.7 Å². The zero-order valence-corrected chi connectivity index (χ0v) is 18.8. The van der Waals surface area contributed by atoms with Gasteiger partial charge >= 0.3 is 0 Å². The first kappa shape index (κ1) is 21.8. The van der Waals surface area contributed by atoms with Crippen molar-refractivity contribution in [2.75, 3.05) is 46.9 Å². The molecule has 5 nitrogen and oxygen atoms in total. The third-order valence-electron chi connectivity index (χ3n) is 5.43. The summed E-state index contributed by atoms with van der Waals surface area (Å²) in [6.07, 6.45) is 1.16. The Morgan fingerprint density at radius 2 is 1.86 bits per heavy atom. The minimum absolute atomic E-state index is 0.00899. The maximum Gasteiger partial charge on any atom is 0.220 e. The molecule has 0 aliphatic carbocycles. The highest BCUT2D eigenvalue weighted by Crippen LogP contribution is 2.26. The number of hydrogen-bond acceptors (Lipinski definition) is 4. The van der Waals surface area contributed by atoms with Crippen LogP contribution in [0.25, 0.3) is 0 Å². The molecule has 0 saturated carbocycles. The molecule has 2 aromatic carbocycles. The zero-order valence-electron chi connectivity index (χ0n) is 17.2. The molecule has 1 aliphatic heterocycles. The van der Waals surface area contributed by atoms with Gasteiger partial charge in [-0.15, -0.1) is 0 Å². The molecule has 1 fully saturated rings. The molecule has 1 amide bonds. The summed E-state index contributed by atoms with van der Waals surface area (Å²) >= 11 is 3.51. The van der Waals surface area contributed by atoms with Gasteiger partial charge in [-0.3, -0.25) is 9.69 Å². The molecular weight excluding hydrogens is 430 g/mol. The van der Waals surface area contributed by atoms with E-state index in [2.05, 4.69) is 50.2 Å². The summed E-state index contributed by atoms with van der Waals surface area (Å²) in [6, 6.07) is 16.2. The summed E-state index contributed by atoms with van der Waals surface area (Å²) in [5.41, 5.74) is 2.27. The van der Waals surface area contributed by atoms with E-state index in [0.29, 0.717) is 12.8 Å². The first-order valence-corrected chi connectivity index (χ1v) is 10.9. The van der Waals surface area contributed by atoms with Crippen molar-refractivity contribution in [2.24, 2.45) is 0 Å². The number of halogens is 1. The smallest absolute Gasteiger partial charge is 0.220 e. The molecule has 1 atom stereocenters. The van der Waals surface area contributed by atoms with Gasteiger partial charge in [0.25, 0.3) is 0 Å². The van der Waals surface area contributed by atoms with Gasteiger partial charge in [0.15, 0.2) is 0 Å². The van der Waals surface area contributed by atoms with Crippen LogP contribution in [0.1, 0.15) is 23.6 Å². The largest absolute Gasteiger partial charge is 0.496 e. The summed E-state index contributed by atoms with van der Waals surface area (Å²) in [5.74, 6) is 0.884. The van der Waals surface area contributed by atoms with Gasteiger partial charge in [0.1, 0.15) is 5.75 Å². The molecule has 1 saturated heterocycles. The molecule has 3 rings (SSSR count). The molecule has 1 N–H and O–H groups in total. The number of piperazine rings is 1. The van der Waals surface area contributed by atoms with Crippen molar-refractivity contribution in [3.8, 4) is 5.75 Å². The van der Waals surface area contributed by atoms with Crippen molar-refractivity contribution in [3.63, 3.8) is 0 Å². The number of rotatable bonds is 8. The Hall–Kier alpha value is -1.89. The van der Waals surface area contributed by atoms with E-state index < -0.39 is 0 Å². The number of amides is 1. The molecule has 0 aromatic heterocycles. The Labute approximate surface area is 182 Å². The van der Waals surface area contributed by atoms with Gasteiger partial charge in [0, 0.05) is 39.1 Å². The lowest BCUT2D eigenvalue weighted by Crippen LogP contribution is -2.47. The number of benzene rings is 2. The van der Waals surface area contributed by atoms with Crippen molar-refractivity contribution in [2.45, 2.75) is 18.9 Å². The van der Waals surface area contributed by atoms with E-state index in [9.17, 15) is 4.79 Å². The van der Waals surface area contributed by atoms with E-state index in [4.69, 9.17) is 4.74 Å². The van der Waals surface area contributed by atoms with Crippen LogP contribution in [0.5, 0.6) is 5.75 Å². The standard InChI is InChI=1S/C23H30BrN3O2/c1-26-12-14-27(15-13-26)17-21(19-6-4-3-5-7-19)25-23(28)11-9-18-8-10-22(29-2)20(24)16-18/h3-8,10,16,21H,9,11-15,17H2,1-2H3,(H,25,28). The number of nitrogens with one attached hydrogen (secondary N) is 1. The minimum atomic E-state index is 0.00899. The first-order chi connectivity index (χ1) is 14.0. The molecule has 0 bridgehead atoms. The minimum Gasteiger partial charge on any atom is -0.496 e. The lowest BCUT2D eigenvalue weighted by molar-refractivity contribution is -0.122. The Morgan fingerprint density at radius 1 is 1.14 bits per heavy atom. The topological polar surface area (TPSA) is 44.8 Å². The van der Waals surface area contributed by atoms with Gasteiger partial charge in [0.2, 0.25) is 5.91 Å². The Morgan fingerprint density at radius 3 is 2.52 bits per heavy atom. The highest BCUT2D eigenvalue weighted by molar-refractivity contribution is 9.10. The molecule has 2 aromatic rings. The summed E-state index contributed by atoms with van der Waals surface area (Å²) in [4.78, 5) is 17.5. The fourth-order valence-corrected chi connectivity index (χ4v) is 4.19. The molecular formula is C23H30BrN3O2. The number of carbonyl (C=O) groups is 1. The Kier molecular flexibility index (Phi) is 8.09. The summed E-state index contributed by atoms with van der Waals surface area (Å²) in [5, 5.41) is 3.27. The first-order valence-electron chi connectivity index (χ1n) is 10.1. The second kappa shape index (κ2) is 10.8. The molecule has 6 heteroatoms. The van der Waals surface area contributed by atoms with Crippen LogP contribution >= 0.6 is 15.9 Å². The zero-order chi connectivity index (χ0) is 20.6. The molecule has 29 heavy (non-hydrogen) atoms. The lowest BCUT2D eigenvalue weighted by Gasteiger charge is -2.35. The van der Waals surface area contributed by atoms with E-state index >= 15 is 0 Å². The van der Waals surface area contributed by atoms with Crippen LogP contribution in [0, 0.1) is 0 Å². The predicted octanol–water partition coefficient (Wildman–Crippen LogP) is 3.50. The number of ether oxygens (including phenoxy) is 1. The van der Waals surface area contributed by atoms with Crippen molar-refractivity contribution in [1.29, 1.82) is 0 Å². The number of methoxy groups -OCH3 is 1. The Bertz CT molecular complexity index is 792. The quantitative estimate of drug-likeness (QED) is 0.655. The average Bonchev–Trinajstić information content (AvgIpc) is 2.74. The van der Waals surface area contributed by atoms with Crippen LogP contribution < -0.4 is 10.1 Å². The molecule has 1 unspecified atom stereocenters. The average molecular weight is 460 g/mol. The van der Waals surface area contributed by atoms with Crippen LogP contribution in [0.3, 0.4) is 0 Å². The predicted molar refractivity (Wildman–Crippen MR) is 120 cm³/mol. The Balaban J connectivity index is 1.59. The number of carbonyl (C=O) groups excluding carboxylic acids is 1. The van der Waals surface area contributed by atoms with E-state index in [0.717, 1.165) is 54.1 Å². The maximum atomic E-state index is 12.7. The van der Waals surface area contributed by atoms with E-state index in [1.165, 1.54) is 0 Å². The normalized spacial score (nSPS) is 16.4. The van der Waals surface area contributed by atoms with Gasteiger partial charge in [-0.2, -0.15) is 0 Å². The molecule has 156 valence electrons.